The van der Waals surface area contributed by atoms with Crippen molar-refractivity contribution in [1.82, 2.24) is 0 Å². The summed E-state index contributed by atoms with van der Waals surface area (Å²) in [6.07, 6.45) is 5.30. The molecule has 1 aromatic heterocycles. The largest absolute Gasteiger partial charge is 0.463 e. The molecular formula is C23H28O7. The van der Waals surface area contributed by atoms with Crippen LogP contribution in [0.5, 0.6) is 5.75 Å². The second-order valence-corrected chi connectivity index (χ2v) is 7.67. The first-order valence-corrected chi connectivity index (χ1v) is 10.4. The van der Waals surface area contributed by atoms with Gasteiger partial charge in [0.25, 0.3) is 0 Å². The van der Waals surface area contributed by atoms with Gasteiger partial charge in [-0.05, 0) is 43.4 Å². The fourth-order valence-corrected chi connectivity index (χ4v) is 3.76. The fraction of sp³-hybridized carbons (Fsp3) is 0.522. The summed E-state index contributed by atoms with van der Waals surface area (Å²) in [7, 11) is 1.54. The van der Waals surface area contributed by atoms with E-state index in [1.807, 2.05) is 13.0 Å². The molecule has 7 heteroatoms. The van der Waals surface area contributed by atoms with Gasteiger partial charge < -0.3 is 18.6 Å². The van der Waals surface area contributed by atoms with Crippen molar-refractivity contribution >= 4 is 22.9 Å². The number of carbonyl (C=O) groups excluding carboxylic acids is 2. The number of esters is 2. The van der Waals surface area contributed by atoms with E-state index in [9.17, 15) is 14.4 Å². The van der Waals surface area contributed by atoms with Crippen LogP contribution in [0.4, 0.5) is 0 Å². The molecule has 0 amide bonds. The topological polar surface area (TPSA) is 92.0 Å². The maximum absolute atomic E-state index is 12.7. The van der Waals surface area contributed by atoms with Gasteiger partial charge in [-0.1, -0.05) is 19.3 Å². The molecule has 2 aromatic rings. The minimum Gasteiger partial charge on any atom is -0.463 e. The molecule has 1 aromatic carbocycles. The van der Waals surface area contributed by atoms with Gasteiger partial charge in [0.1, 0.15) is 17.9 Å². The Hall–Kier alpha value is -2.67. The molecule has 0 bridgehead atoms. The molecule has 0 atom stereocenters. The minimum atomic E-state index is -0.459. The summed E-state index contributed by atoms with van der Waals surface area (Å²) in [5.41, 5.74) is 1.36. The van der Waals surface area contributed by atoms with E-state index in [0.717, 1.165) is 43.1 Å². The van der Waals surface area contributed by atoms with Crippen LogP contribution in [0.2, 0.25) is 0 Å². The van der Waals surface area contributed by atoms with Crippen molar-refractivity contribution < 1.29 is 28.2 Å². The van der Waals surface area contributed by atoms with Gasteiger partial charge in [0.15, 0.2) is 0 Å². The molecule has 3 rings (SSSR count). The summed E-state index contributed by atoms with van der Waals surface area (Å²) < 4.78 is 21.0. The summed E-state index contributed by atoms with van der Waals surface area (Å²) in [4.78, 5) is 36.4. The Bertz CT molecular complexity index is 954. The third-order valence-corrected chi connectivity index (χ3v) is 5.43. The van der Waals surface area contributed by atoms with E-state index in [2.05, 4.69) is 0 Å². The smallest absolute Gasteiger partial charge is 0.336 e. The zero-order valence-corrected chi connectivity index (χ0v) is 17.5. The van der Waals surface area contributed by atoms with Gasteiger partial charge in [-0.25, -0.2) is 4.79 Å². The molecule has 1 fully saturated rings. The number of methoxy groups -OCH3 is 1. The first-order chi connectivity index (χ1) is 14.5. The Balaban J connectivity index is 1.83. The molecule has 30 heavy (non-hydrogen) atoms. The van der Waals surface area contributed by atoms with Gasteiger partial charge in [-0.15, -0.1) is 0 Å². The minimum absolute atomic E-state index is 0.120. The molecule has 162 valence electrons. The molecule has 0 unspecified atom stereocenters. The van der Waals surface area contributed by atoms with E-state index >= 15 is 0 Å². The fourth-order valence-electron chi connectivity index (χ4n) is 3.76. The van der Waals surface area contributed by atoms with Gasteiger partial charge in [0.2, 0.25) is 0 Å². The second kappa shape index (κ2) is 10.4. The molecular weight excluding hydrogens is 388 g/mol. The van der Waals surface area contributed by atoms with E-state index in [0.29, 0.717) is 29.9 Å². The zero-order chi connectivity index (χ0) is 21.5. The summed E-state index contributed by atoms with van der Waals surface area (Å²) in [5, 5.41) is 0.745. The van der Waals surface area contributed by atoms with Crippen LogP contribution >= 0.6 is 0 Å². The lowest BCUT2D eigenvalue weighted by molar-refractivity contribution is -0.144. The molecule has 7 nitrogen and oxygen atoms in total. The van der Waals surface area contributed by atoms with Crippen LogP contribution in [0.15, 0.2) is 27.4 Å². The predicted octanol–water partition coefficient (Wildman–Crippen LogP) is 3.71. The standard InChI is InChI=1S/C23H28O7/c1-15-12-22(25)29-20-14-19(30-23(26)16-6-4-3-5-7-16)17(13-18(15)20)8-9-21(24)28-11-10-27-2/h12-14,16H,3-11H2,1-2H3. The van der Waals surface area contributed by atoms with Crippen LogP contribution in [0.1, 0.15) is 49.7 Å². The highest BCUT2D eigenvalue weighted by Gasteiger charge is 2.24. The molecule has 0 aliphatic heterocycles. The average Bonchev–Trinajstić information content (AvgIpc) is 2.73. The number of hydrogen-bond acceptors (Lipinski definition) is 7. The van der Waals surface area contributed by atoms with E-state index < -0.39 is 5.63 Å². The van der Waals surface area contributed by atoms with Gasteiger partial charge in [-0.3, -0.25) is 9.59 Å². The average molecular weight is 416 g/mol. The first kappa shape index (κ1) is 22.0. The Morgan fingerprint density at radius 2 is 1.87 bits per heavy atom. The zero-order valence-electron chi connectivity index (χ0n) is 17.5. The highest BCUT2D eigenvalue weighted by molar-refractivity contribution is 5.84. The van der Waals surface area contributed by atoms with Crippen molar-refractivity contribution in [3.63, 3.8) is 0 Å². The van der Waals surface area contributed by atoms with Crippen LogP contribution in [0.3, 0.4) is 0 Å². The molecule has 1 aliphatic rings. The molecule has 0 N–H and O–H groups in total. The summed E-state index contributed by atoms with van der Waals surface area (Å²) in [6, 6.07) is 4.81. The molecule has 0 saturated heterocycles. The van der Waals surface area contributed by atoms with Crippen molar-refractivity contribution in [2.45, 2.75) is 51.9 Å². The molecule has 0 radical (unpaired) electrons. The lowest BCUT2D eigenvalue weighted by Crippen LogP contribution is -2.23. The maximum Gasteiger partial charge on any atom is 0.336 e. The van der Waals surface area contributed by atoms with Gasteiger partial charge in [0.05, 0.1) is 12.5 Å². The SMILES string of the molecule is COCCOC(=O)CCc1cc2c(C)cc(=O)oc2cc1OC(=O)C1CCCCC1. The van der Waals surface area contributed by atoms with Crippen LogP contribution in [0, 0.1) is 12.8 Å². The Morgan fingerprint density at radius 3 is 2.60 bits per heavy atom. The maximum atomic E-state index is 12.7. The molecule has 1 aliphatic carbocycles. The number of rotatable bonds is 8. The number of benzene rings is 1. The quantitative estimate of drug-likeness (QED) is 0.280. The van der Waals surface area contributed by atoms with Gasteiger partial charge in [-0.2, -0.15) is 0 Å². The van der Waals surface area contributed by atoms with Crippen molar-refractivity contribution in [3.8, 4) is 5.75 Å². The van der Waals surface area contributed by atoms with Crippen LogP contribution in [-0.2, 0) is 25.5 Å². The van der Waals surface area contributed by atoms with Crippen LogP contribution < -0.4 is 10.4 Å². The monoisotopic (exact) mass is 416 g/mol. The van der Waals surface area contributed by atoms with E-state index in [4.69, 9.17) is 18.6 Å². The molecule has 1 saturated carbocycles. The van der Waals surface area contributed by atoms with Crippen molar-refractivity contribution in [2.24, 2.45) is 5.92 Å². The van der Waals surface area contributed by atoms with Crippen molar-refractivity contribution in [2.75, 3.05) is 20.3 Å². The van der Waals surface area contributed by atoms with Crippen molar-refractivity contribution in [1.29, 1.82) is 0 Å². The predicted molar refractivity (Wildman–Crippen MR) is 111 cm³/mol. The first-order valence-electron chi connectivity index (χ1n) is 10.4. The third kappa shape index (κ3) is 5.69. The third-order valence-electron chi connectivity index (χ3n) is 5.43. The summed E-state index contributed by atoms with van der Waals surface area (Å²) in [5.74, 6) is -0.414. The van der Waals surface area contributed by atoms with Crippen molar-refractivity contribution in [3.05, 3.63) is 39.7 Å². The van der Waals surface area contributed by atoms with E-state index in [1.165, 1.54) is 13.2 Å². The summed E-state index contributed by atoms with van der Waals surface area (Å²) in [6.45, 7) is 2.35. The lowest BCUT2D eigenvalue weighted by atomic mass is 9.89. The molecule has 1 heterocycles. The van der Waals surface area contributed by atoms with Crippen LogP contribution in [0.25, 0.3) is 11.0 Å². The van der Waals surface area contributed by atoms with Crippen LogP contribution in [-0.4, -0.2) is 32.3 Å². The van der Waals surface area contributed by atoms with E-state index in [1.54, 1.807) is 6.07 Å². The number of carbonyl (C=O) groups is 2. The number of hydrogen-bond donors (Lipinski definition) is 0. The Kier molecular flexibility index (Phi) is 7.63. The van der Waals surface area contributed by atoms with Gasteiger partial charge in [0, 0.05) is 31.0 Å². The highest BCUT2D eigenvalue weighted by atomic mass is 16.6. The number of aryl methyl sites for hydroxylation is 2. The van der Waals surface area contributed by atoms with Gasteiger partial charge >= 0.3 is 17.6 Å². The summed E-state index contributed by atoms with van der Waals surface area (Å²) >= 11 is 0. The Labute approximate surface area is 175 Å². The van der Waals surface area contributed by atoms with E-state index in [-0.39, 0.29) is 30.9 Å². The Morgan fingerprint density at radius 1 is 1.10 bits per heavy atom. The highest BCUT2D eigenvalue weighted by Crippen LogP contribution is 2.31. The normalized spacial score (nSPS) is 14.6. The second-order valence-electron chi connectivity index (χ2n) is 7.67. The molecule has 0 spiro atoms. The number of ether oxygens (including phenoxy) is 3. The number of fused-ring (bicyclic) bond motifs is 1. The lowest BCUT2D eigenvalue weighted by Gasteiger charge is -2.21.